The van der Waals surface area contributed by atoms with Crippen molar-refractivity contribution in [3.05, 3.63) is 48.2 Å². The van der Waals surface area contributed by atoms with Gasteiger partial charge in [-0.25, -0.2) is 0 Å². The number of fused-ring (bicyclic) bond motifs is 1. The molecule has 0 aliphatic carbocycles. The standard InChI is InChI=1S/C18H23N3O3/c1-20-8-2-6-16(20)18(22)19-14-12-21(11-13-5-3-9-23-13)15-7-4-10-24-17(14)15/h2-3,5-6,8-9,14-15,17H,4,7,10-12H2,1H3,(H,19,22)/t14-,15+,17+/m0/s1. The van der Waals surface area contributed by atoms with Gasteiger partial charge in [-0.05, 0) is 37.1 Å². The van der Waals surface area contributed by atoms with Crippen molar-refractivity contribution in [3.8, 4) is 0 Å². The summed E-state index contributed by atoms with van der Waals surface area (Å²) in [5, 5.41) is 3.17. The number of rotatable bonds is 4. The number of aryl methyl sites for hydroxylation is 1. The summed E-state index contributed by atoms with van der Waals surface area (Å²) in [4.78, 5) is 14.9. The molecule has 0 bridgehead atoms. The molecule has 0 radical (unpaired) electrons. The van der Waals surface area contributed by atoms with E-state index in [4.69, 9.17) is 9.15 Å². The Morgan fingerprint density at radius 1 is 1.38 bits per heavy atom. The Morgan fingerprint density at radius 2 is 2.29 bits per heavy atom. The predicted octanol–water partition coefficient (Wildman–Crippen LogP) is 1.78. The lowest BCUT2D eigenvalue weighted by Gasteiger charge is -2.32. The average Bonchev–Trinajstić information content (AvgIpc) is 3.30. The largest absolute Gasteiger partial charge is 0.468 e. The first-order valence-corrected chi connectivity index (χ1v) is 8.52. The number of ether oxygens (including phenoxy) is 1. The fourth-order valence-corrected chi connectivity index (χ4v) is 3.91. The van der Waals surface area contributed by atoms with Crippen molar-refractivity contribution in [2.45, 2.75) is 37.6 Å². The molecule has 4 rings (SSSR count). The van der Waals surface area contributed by atoms with Crippen LogP contribution in [0.15, 0.2) is 41.1 Å². The molecule has 6 heteroatoms. The summed E-state index contributed by atoms with van der Waals surface area (Å²) in [6.07, 6.45) is 5.80. The molecule has 2 fully saturated rings. The van der Waals surface area contributed by atoms with E-state index < -0.39 is 0 Å². The van der Waals surface area contributed by atoms with Gasteiger partial charge in [0, 0.05) is 32.4 Å². The quantitative estimate of drug-likeness (QED) is 0.929. The van der Waals surface area contributed by atoms with Gasteiger partial charge < -0.3 is 19.0 Å². The van der Waals surface area contributed by atoms with Crippen LogP contribution in [0.4, 0.5) is 0 Å². The second-order valence-corrected chi connectivity index (χ2v) is 6.64. The van der Waals surface area contributed by atoms with Crippen LogP contribution in [0.3, 0.4) is 0 Å². The highest BCUT2D eigenvalue weighted by atomic mass is 16.5. The summed E-state index contributed by atoms with van der Waals surface area (Å²) < 4.78 is 13.3. The van der Waals surface area contributed by atoms with Crippen molar-refractivity contribution in [2.75, 3.05) is 13.2 Å². The van der Waals surface area contributed by atoms with Crippen LogP contribution in [0.5, 0.6) is 0 Å². The number of nitrogens with zero attached hydrogens (tertiary/aromatic N) is 2. The molecule has 2 aromatic heterocycles. The van der Waals surface area contributed by atoms with E-state index >= 15 is 0 Å². The van der Waals surface area contributed by atoms with E-state index in [2.05, 4.69) is 10.2 Å². The zero-order valence-electron chi connectivity index (χ0n) is 13.9. The molecule has 2 aliphatic rings. The number of likely N-dealkylation sites (tertiary alicyclic amines) is 1. The van der Waals surface area contributed by atoms with Gasteiger partial charge in [-0.3, -0.25) is 9.69 Å². The van der Waals surface area contributed by atoms with Crippen LogP contribution in [0.1, 0.15) is 29.1 Å². The first-order chi connectivity index (χ1) is 11.7. The number of nitrogens with one attached hydrogen (secondary N) is 1. The third-order valence-corrected chi connectivity index (χ3v) is 5.06. The monoisotopic (exact) mass is 329 g/mol. The van der Waals surface area contributed by atoms with E-state index in [1.165, 1.54) is 0 Å². The lowest BCUT2D eigenvalue weighted by molar-refractivity contribution is -0.0219. The van der Waals surface area contributed by atoms with Crippen LogP contribution < -0.4 is 5.32 Å². The molecule has 2 aliphatic heterocycles. The van der Waals surface area contributed by atoms with E-state index in [1.807, 2.05) is 42.1 Å². The van der Waals surface area contributed by atoms with Gasteiger partial charge in [0.1, 0.15) is 11.5 Å². The second-order valence-electron chi connectivity index (χ2n) is 6.64. The summed E-state index contributed by atoms with van der Waals surface area (Å²) in [5.41, 5.74) is 0.673. The van der Waals surface area contributed by atoms with E-state index in [0.29, 0.717) is 11.7 Å². The van der Waals surface area contributed by atoms with Crippen LogP contribution in [0, 0.1) is 0 Å². The first kappa shape index (κ1) is 15.5. The molecule has 6 nitrogen and oxygen atoms in total. The molecule has 0 spiro atoms. The molecular weight excluding hydrogens is 306 g/mol. The third kappa shape index (κ3) is 2.87. The van der Waals surface area contributed by atoms with E-state index in [9.17, 15) is 4.79 Å². The summed E-state index contributed by atoms with van der Waals surface area (Å²) in [5.74, 6) is 0.911. The number of aromatic nitrogens is 1. The Labute approximate surface area is 141 Å². The Balaban J connectivity index is 1.48. The number of furan rings is 1. The highest BCUT2D eigenvalue weighted by Crippen LogP contribution is 2.30. The number of carbonyl (C=O) groups is 1. The molecule has 2 saturated heterocycles. The second kappa shape index (κ2) is 6.45. The first-order valence-electron chi connectivity index (χ1n) is 8.52. The normalized spacial score (nSPS) is 27.1. The minimum Gasteiger partial charge on any atom is -0.468 e. The topological polar surface area (TPSA) is 59.6 Å². The highest BCUT2D eigenvalue weighted by Gasteiger charge is 2.44. The summed E-state index contributed by atoms with van der Waals surface area (Å²) in [7, 11) is 1.88. The number of hydrogen-bond acceptors (Lipinski definition) is 4. The van der Waals surface area contributed by atoms with Crippen molar-refractivity contribution in [1.82, 2.24) is 14.8 Å². The summed E-state index contributed by atoms with van der Waals surface area (Å²) >= 11 is 0. The molecule has 128 valence electrons. The molecule has 2 aromatic rings. The maximum Gasteiger partial charge on any atom is 0.268 e. The number of hydrogen-bond donors (Lipinski definition) is 1. The lowest BCUT2D eigenvalue weighted by atomic mass is 10.0. The average molecular weight is 329 g/mol. The Morgan fingerprint density at radius 3 is 3.04 bits per heavy atom. The maximum absolute atomic E-state index is 12.6. The number of amides is 1. The Kier molecular flexibility index (Phi) is 4.16. The van der Waals surface area contributed by atoms with Crippen LogP contribution in [-0.2, 0) is 18.3 Å². The van der Waals surface area contributed by atoms with Crippen molar-refractivity contribution in [3.63, 3.8) is 0 Å². The van der Waals surface area contributed by atoms with Gasteiger partial charge in [0.2, 0.25) is 0 Å². The van der Waals surface area contributed by atoms with E-state index in [1.54, 1.807) is 6.26 Å². The minimum atomic E-state index is -0.0414. The van der Waals surface area contributed by atoms with E-state index in [-0.39, 0.29) is 18.1 Å². The third-order valence-electron chi connectivity index (χ3n) is 5.06. The number of carbonyl (C=O) groups excluding carboxylic acids is 1. The molecule has 1 N–H and O–H groups in total. The van der Waals surface area contributed by atoms with Gasteiger partial charge in [-0.1, -0.05) is 0 Å². The smallest absolute Gasteiger partial charge is 0.268 e. The van der Waals surface area contributed by atoms with Crippen LogP contribution in [0.2, 0.25) is 0 Å². The molecule has 1 amide bonds. The fourth-order valence-electron chi connectivity index (χ4n) is 3.91. The van der Waals surface area contributed by atoms with Gasteiger partial charge in [-0.2, -0.15) is 0 Å². The van der Waals surface area contributed by atoms with Crippen LogP contribution in [-0.4, -0.2) is 46.7 Å². The zero-order valence-corrected chi connectivity index (χ0v) is 13.9. The molecule has 0 unspecified atom stereocenters. The van der Waals surface area contributed by atoms with Gasteiger partial charge in [0.25, 0.3) is 5.91 Å². The molecule has 0 aromatic carbocycles. The van der Waals surface area contributed by atoms with E-state index in [0.717, 1.165) is 38.3 Å². The summed E-state index contributed by atoms with van der Waals surface area (Å²) in [6.45, 7) is 2.31. The molecular formula is C18H23N3O3. The van der Waals surface area contributed by atoms with Crippen LogP contribution >= 0.6 is 0 Å². The minimum absolute atomic E-state index is 0.00709. The fraction of sp³-hybridized carbons (Fsp3) is 0.500. The summed E-state index contributed by atoms with van der Waals surface area (Å²) in [6, 6.07) is 7.97. The van der Waals surface area contributed by atoms with Crippen molar-refractivity contribution >= 4 is 5.91 Å². The maximum atomic E-state index is 12.6. The molecule has 4 heterocycles. The SMILES string of the molecule is Cn1cccc1C(=O)N[C@H]1CN(Cc2ccco2)[C@@H]2CCCO[C@H]12. The van der Waals surface area contributed by atoms with Crippen molar-refractivity contribution < 1.29 is 13.9 Å². The molecule has 0 saturated carbocycles. The highest BCUT2D eigenvalue weighted by molar-refractivity contribution is 5.93. The molecule has 3 atom stereocenters. The zero-order chi connectivity index (χ0) is 16.5. The molecule has 24 heavy (non-hydrogen) atoms. The van der Waals surface area contributed by atoms with Crippen LogP contribution in [0.25, 0.3) is 0 Å². The lowest BCUT2D eigenvalue weighted by Crippen LogP contribution is -2.47. The van der Waals surface area contributed by atoms with Gasteiger partial charge in [0.15, 0.2) is 0 Å². The van der Waals surface area contributed by atoms with Gasteiger partial charge >= 0.3 is 0 Å². The van der Waals surface area contributed by atoms with Gasteiger partial charge in [-0.15, -0.1) is 0 Å². The van der Waals surface area contributed by atoms with Crippen molar-refractivity contribution in [1.29, 1.82) is 0 Å². The van der Waals surface area contributed by atoms with Gasteiger partial charge in [0.05, 0.1) is 25.0 Å². The Hall–Kier alpha value is -2.05. The predicted molar refractivity (Wildman–Crippen MR) is 88.5 cm³/mol. The Bertz CT molecular complexity index is 694. The van der Waals surface area contributed by atoms with Crippen molar-refractivity contribution in [2.24, 2.45) is 7.05 Å².